The van der Waals surface area contributed by atoms with E-state index in [0.717, 1.165) is 22.9 Å². The monoisotopic (exact) mass is 585 g/mol. The number of fused-ring (bicyclic) bond motifs is 1. The van der Waals surface area contributed by atoms with Crippen molar-refractivity contribution in [2.24, 2.45) is 5.73 Å². The van der Waals surface area contributed by atoms with Gasteiger partial charge in [-0.2, -0.15) is 31.4 Å². The molecule has 4 aromatic rings. The lowest BCUT2D eigenvalue weighted by Crippen LogP contribution is -2.27. The summed E-state index contributed by atoms with van der Waals surface area (Å²) in [6, 6.07) is 4.73. The first kappa shape index (κ1) is 27.6. The van der Waals surface area contributed by atoms with Crippen molar-refractivity contribution >= 4 is 39.1 Å². The van der Waals surface area contributed by atoms with Gasteiger partial charge in [-0.1, -0.05) is 12.1 Å². The lowest BCUT2D eigenvalue weighted by molar-refractivity contribution is -0.142. The van der Waals surface area contributed by atoms with E-state index in [1.54, 1.807) is 0 Å². The van der Waals surface area contributed by atoms with E-state index in [0.29, 0.717) is 30.2 Å². The van der Waals surface area contributed by atoms with Gasteiger partial charge < -0.3 is 11.1 Å². The Bertz CT molecular complexity index is 1640. The second-order valence-corrected chi connectivity index (χ2v) is 10.2. The molecule has 0 saturated heterocycles. The molecular weight excluding hydrogens is 567 g/mol. The van der Waals surface area contributed by atoms with Crippen LogP contribution in [0.2, 0.25) is 0 Å². The van der Waals surface area contributed by atoms with Gasteiger partial charge in [-0.15, -0.1) is 11.3 Å². The van der Waals surface area contributed by atoms with Gasteiger partial charge in [0, 0.05) is 17.0 Å². The molecule has 1 unspecified atom stereocenters. The molecule has 5 rings (SSSR count). The molecule has 1 aromatic carbocycles. The van der Waals surface area contributed by atoms with Crippen molar-refractivity contribution in [3.8, 4) is 11.1 Å². The fourth-order valence-corrected chi connectivity index (χ4v) is 5.28. The fraction of sp³-hybridized carbons (Fsp3) is 0.280. The van der Waals surface area contributed by atoms with Crippen LogP contribution in [-0.4, -0.2) is 26.6 Å². The Morgan fingerprint density at radius 2 is 1.68 bits per heavy atom. The summed E-state index contributed by atoms with van der Waals surface area (Å²) in [7, 11) is 0. The van der Waals surface area contributed by atoms with Crippen molar-refractivity contribution in [3.05, 3.63) is 64.2 Å². The van der Waals surface area contributed by atoms with E-state index in [2.05, 4.69) is 15.4 Å². The first-order chi connectivity index (χ1) is 18.6. The van der Waals surface area contributed by atoms with E-state index >= 15 is 0 Å². The van der Waals surface area contributed by atoms with Crippen LogP contribution in [0, 0.1) is 5.82 Å². The highest BCUT2D eigenvalue weighted by Gasteiger charge is 2.40. The number of rotatable bonds is 6. The van der Waals surface area contributed by atoms with Gasteiger partial charge in [-0.3, -0.25) is 14.3 Å². The van der Waals surface area contributed by atoms with Crippen LogP contribution >= 0.6 is 11.3 Å². The highest BCUT2D eigenvalue weighted by molar-refractivity contribution is 7.21. The third-order valence-electron chi connectivity index (χ3n) is 6.38. The quantitative estimate of drug-likeness (QED) is 0.252. The Morgan fingerprint density at radius 3 is 2.23 bits per heavy atom. The summed E-state index contributed by atoms with van der Waals surface area (Å²) in [6.07, 6.45) is -8.40. The second kappa shape index (κ2) is 9.57. The van der Waals surface area contributed by atoms with Crippen molar-refractivity contribution in [1.82, 2.24) is 14.8 Å². The number of amides is 2. The number of carbonyl (C=O) groups excluding carboxylic acids is 2. The van der Waals surface area contributed by atoms with Gasteiger partial charge in [0.2, 0.25) is 5.91 Å². The van der Waals surface area contributed by atoms with E-state index in [9.17, 15) is 40.3 Å². The molecule has 3 heterocycles. The Hall–Kier alpha value is -4.01. The van der Waals surface area contributed by atoms with Crippen molar-refractivity contribution in [1.29, 1.82) is 0 Å². The van der Waals surface area contributed by atoms with Gasteiger partial charge >= 0.3 is 12.4 Å². The van der Waals surface area contributed by atoms with Crippen molar-refractivity contribution in [3.63, 3.8) is 0 Å². The predicted molar refractivity (Wildman–Crippen MR) is 131 cm³/mol. The van der Waals surface area contributed by atoms with Crippen LogP contribution in [0.4, 0.5) is 36.4 Å². The number of primary amides is 1. The van der Waals surface area contributed by atoms with Gasteiger partial charge in [0.1, 0.15) is 27.3 Å². The highest BCUT2D eigenvalue weighted by atomic mass is 32.1. The minimum Gasteiger partial charge on any atom is -0.365 e. The summed E-state index contributed by atoms with van der Waals surface area (Å²) in [5.41, 5.74) is 2.95. The van der Waals surface area contributed by atoms with Crippen LogP contribution in [-0.2, 0) is 17.1 Å². The van der Waals surface area contributed by atoms with Crippen molar-refractivity contribution in [2.45, 2.75) is 44.1 Å². The standard InChI is InChI=1S/C25H18F7N5O2S/c1-10(37-15(12-2-3-12)9-17(36-37)25(30,31)32)22(39)35-19-18-14(11-4-6-13(26)7-5-11)8-16(24(27,28)29)34-23(18)40-20(19)21(33)38/h4-10,12H,2-3H2,1H3,(H2,33,38)(H,35,39). The molecule has 2 amide bonds. The number of alkyl halides is 6. The summed E-state index contributed by atoms with van der Waals surface area (Å²) in [4.78, 5) is 28.6. The molecule has 3 aromatic heterocycles. The van der Waals surface area contributed by atoms with Crippen LogP contribution in [0.25, 0.3) is 21.3 Å². The maximum Gasteiger partial charge on any atom is 0.435 e. The molecule has 3 N–H and O–H groups in total. The Morgan fingerprint density at radius 1 is 1.05 bits per heavy atom. The zero-order valence-electron chi connectivity index (χ0n) is 20.3. The molecule has 40 heavy (non-hydrogen) atoms. The number of hydrogen-bond donors (Lipinski definition) is 2. The average molecular weight is 586 g/mol. The summed E-state index contributed by atoms with van der Waals surface area (Å²) >= 11 is 0.504. The fourth-order valence-electron chi connectivity index (χ4n) is 4.27. The number of pyridine rings is 1. The molecule has 15 heteroatoms. The minimum absolute atomic E-state index is 0.0715. The number of hydrogen-bond acceptors (Lipinski definition) is 5. The van der Waals surface area contributed by atoms with Gasteiger partial charge in [-0.25, -0.2) is 9.37 Å². The highest BCUT2D eigenvalue weighted by Crippen LogP contribution is 2.45. The SMILES string of the molecule is CC(C(=O)Nc1c(C(N)=O)sc2nc(C(F)(F)F)cc(-c3ccc(F)cc3)c12)n1nc(C(F)(F)F)cc1C1CC1. The molecule has 210 valence electrons. The van der Waals surface area contributed by atoms with Gasteiger partial charge in [0.25, 0.3) is 5.91 Å². The number of thiophene rings is 1. The molecular formula is C25H18F7N5O2S. The minimum atomic E-state index is -4.88. The molecule has 1 aliphatic rings. The molecule has 1 atom stereocenters. The zero-order chi connectivity index (χ0) is 29.1. The number of anilines is 1. The molecule has 0 aliphatic heterocycles. The number of aromatic nitrogens is 3. The summed E-state index contributed by atoms with van der Waals surface area (Å²) in [5, 5.41) is 5.98. The number of nitrogens with zero attached hydrogens (tertiary/aromatic N) is 3. The molecule has 0 bridgehead atoms. The molecule has 1 saturated carbocycles. The van der Waals surface area contributed by atoms with E-state index in [-0.39, 0.29) is 43.5 Å². The number of nitrogens with one attached hydrogen (secondary N) is 1. The first-order valence-corrected chi connectivity index (χ1v) is 12.5. The van der Waals surface area contributed by atoms with E-state index in [4.69, 9.17) is 5.73 Å². The average Bonchev–Trinajstić information content (AvgIpc) is 3.49. The molecule has 7 nitrogen and oxygen atoms in total. The van der Waals surface area contributed by atoms with Gasteiger partial charge in [-0.05, 0) is 55.2 Å². The molecule has 1 aliphatic carbocycles. The third-order valence-corrected chi connectivity index (χ3v) is 7.47. The number of carbonyl (C=O) groups is 2. The largest absolute Gasteiger partial charge is 0.435 e. The van der Waals surface area contributed by atoms with Crippen LogP contribution in [0.3, 0.4) is 0 Å². The number of halogens is 7. The molecule has 0 radical (unpaired) electrons. The van der Waals surface area contributed by atoms with Crippen LogP contribution in [0.5, 0.6) is 0 Å². The predicted octanol–water partition coefficient (Wildman–Crippen LogP) is 6.51. The second-order valence-electron chi connectivity index (χ2n) is 9.25. The third kappa shape index (κ3) is 5.12. The zero-order valence-corrected chi connectivity index (χ0v) is 21.1. The molecule has 0 spiro atoms. The van der Waals surface area contributed by atoms with Gasteiger partial charge in [0.15, 0.2) is 5.69 Å². The lowest BCUT2D eigenvalue weighted by Gasteiger charge is -2.17. The Balaban J connectivity index is 1.64. The molecule has 1 fully saturated rings. The lowest BCUT2D eigenvalue weighted by atomic mass is 10.0. The summed E-state index contributed by atoms with van der Waals surface area (Å²) in [6.45, 7) is 1.30. The van der Waals surface area contributed by atoms with E-state index in [1.807, 2.05) is 0 Å². The van der Waals surface area contributed by atoms with E-state index < -0.39 is 47.4 Å². The number of nitrogens with two attached hydrogens (primary N) is 1. The smallest absolute Gasteiger partial charge is 0.365 e. The summed E-state index contributed by atoms with van der Waals surface area (Å²) < 4.78 is 95.6. The normalized spacial score (nSPS) is 14.9. The van der Waals surface area contributed by atoms with E-state index in [1.165, 1.54) is 19.1 Å². The summed E-state index contributed by atoms with van der Waals surface area (Å²) in [5.74, 6) is -2.84. The van der Waals surface area contributed by atoms with Crippen molar-refractivity contribution < 1.29 is 40.3 Å². The number of benzene rings is 1. The van der Waals surface area contributed by atoms with Crippen LogP contribution in [0.15, 0.2) is 36.4 Å². The van der Waals surface area contributed by atoms with Crippen LogP contribution < -0.4 is 11.1 Å². The Kier molecular flexibility index (Phi) is 6.59. The maximum atomic E-state index is 13.7. The Labute approximate surface area is 224 Å². The van der Waals surface area contributed by atoms with Crippen molar-refractivity contribution in [2.75, 3.05) is 5.32 Å². The van der Waals surface area contributed by atoms with Crippen LogP contribution in [0.1, 0.15) is 58.5 Å². The maximum absolute atomic E-state index is 13.7. The topological polar surface area (TPSA) is 103 Å². The first-order valence-electron chi connectivity index (χ1n) is 11.7. The van der Waals surface area contributed by atoms with Gasteiger partial charge in [0.05, 0.1) is 5.69 Å².